The lowest BCUT2D eigenvalue weighted by molar-refractivity contribution is -0.385. The van der Waals surface area contributed by atoms with E-state index in [-0.39, 0.29) is 22.9 Å². The van der Waals surface area contributed by atoms with Crippen LogP contribution in [0.1, 0.15) is 33.6 Å². The van der Waals surface area contributed by atoms with Crippen molar-refractivity contribution in [2.45, 2.75) is 33.6 Å². The molecular weight excluding hydrogens is 786 g/mol. The van der Waals surface area contributed by atoms with Crippen LogP contribution < -0.4 is 9.47 Å². The molecule has 19 heteroatoms. The summed E-state index contributed by atoms with van der Waals surface area (Å²) >= 11 is 4.92. The summed E-state index contributed by atoms with van der Waals surface area (Å²) in [5.41, 5.74) is 2.28. The number of nitro groups is 2. The lowest BCUT2D eigenvalue weighted by Crippen LogP contribution is -2.21. The molecule has 310 valence electrons. The second-order valence-corrected chi connectivity index (χ2v) is 12.1. The maximum Gasteiger partial charge on any atom is 0.424 e. The third-order valence-corrected chi connectivity index (χ3v) is 7.97. The number of non-ortho nitro benzene ring substituents is 2. The van der Waals surface area contributed by atoms with Crippen molar-refractivity contribution in [2.24, 2.45) is 0 Å². The van der Waals surface area contributed by atoms with Crippen LogP contribution in [0.2, 0.25) is 0 Å². The van der Waals surface area contributed by atoms with Crippen molar-refractivity contribution in [1.29, 1.82) is 0 Å². The molecule has 5 heterocycles. The molecule has 4 aromatic heterocycles. The van der Waals surface area contributed by atoms with Crippen LogP contribution in [-0.2, 0) is 4.74 Å². The number of ether oxygens (including phenoxy) is 3. The first kappa shape index (κ1) is 46.5. The van der Waals surface area contributed by atoms with Gasteiger partial charge in [-0.15, -0.1) is 0 Å². The molecule has 1 saturated heterocycles. The second-order valence-electron chi connectivity index (χ2n) is 11.8. The number of hydrogen-bond acceptors (Lipinski definition) is 14. The SMILES string of the molecule is C1CCOC1.CCN(CC)CC.O=C(Cl)Oc1ccc([N+](=O)[O-])cc1.O=C(Oc1ccc([N+](=O)[O-])cc1)n1cnc(-c2cccnc2)c1.c1cncc(-c2cnc[nH]2)c1. The Balaban J connectivity index is 0.000000219. The molecule has 6 aromatic rings. The number of nitrogens with one attached hydrogen (secondary N) is 1. The predicted molar refractivity (Wildman–Crippen MR) is 220 cm³/mol. The van der Waals surface area contributed by atoms with Crippen LogP contribution in [0.25, 0.3) is 22.5 Å². The fourth-order valence-corrected chi connectivity index (χ4v) is 4.81. The Labute approximate surface area is 345 Å². The number of hydrogen-bond donors (Lipinski definition) is 1. The van der Waals surface area contributed by atoms with Gasteiger partial charge in [-0.05, 0) is 81.0 Å². The van der Waals surface area contributed by atoms with Crippen LogP contribution in [-0.4, -0.2) is 88.6 Å². The Morgan fingerprint density at radius 1 is 0.780 bits per heavy atom. The van der Waals surface area contributed by atoms with E-state index in [4.69, 9.17) is 21.1 Å². The summed E-state index contributed by atoms with van der Waals surface area (Å²) in [5, 5.41) is 20.8. The van der Waals surface area contributed by atoms with Crippen LogP contribution >= 0.6 is 11.6 Å². The summed E-state index contributed by atoms with van der Waals surface area (Å²) in [6, 6.07) is 17.7. The third-order valence-electron chi connectivity index (χ3n) is 7.89. The van der Waals surface area contributed by atoms with Gasteiger partial charge >= 0.3 is 11.5 Å². The normalized spacial score (nSPS) is 11.1. The molecule has 1 aliphatic heterocycles. The number of nitro benzene ring substituents is 2. The smallest absolute Gasteiger partial charge is 0.414 e. The maximum atomic E-state index is 12.0. The second kappa shape index (κ2) is 26.1. The Morgan fingerprint density at radius 2 is 1.31 bits per heavy atom. The van der Waals surface area contributed by atoms with E-state index in [2.05, 4.69) is 55.3 Å². The first-order valence-corrected chi connectivity index (χ1v) is 18.6. The molecule has 1 fully saturated rings. The Kier molecular flexibility index (Phi) is 20.6. The Morgan fingerprint density at radius 3 is 1.69 bits per heavy atom. The van der Waals surface area contributed by atoms with Gasteiger partial charge in [-0.3, -0.25) is 30.2 Å². The number of carbonyl (C=O) groups is 2. The van der Waals surface area contributed by atoms with Crippen molar-refractivity contribution in [3.8, 4) is 34.0 Å². The van der Waals surface area contributed by atoms with Crippen molar-refractivity contribution < 1.29 is 33.6 Å². The number of imidazole rings is 2. The van der Waals surface area contributed by atoms with Gasteiger partial charge in [-0.1, -0.05) is 20.8 Å². The molecule has 0 spiro atoms. The monoisotopic (exact) mass is 829 g/mol. The zero-order valence-electron chi connectivity index (χ0n) is 32.6. The number of aromatic nitrogens is 6. The van der Waals surface area contributed by atoms with E-state index < -0.39 is 21.4 Å². The minimum atomic E-state index is -0.978. The molecule has 0 bridgehead atoms. The van der Waals surface area contributed by atoms with Crippen molar-refractivity contribution in [3.63, 3.8) is 0 Å². The fourth-order valence-electron chi connectivity index (χ4n) is 4.72. The minimum Gasteiger partial charge on any atom is -0.414 e. The number of carbonyl (C=O) groups excluding carboxylic acids is 2. The van der Waals surface area contributed by atoms with Gasteiger partial charge in [0.15, 0.2) is 0 Å². The Hall–Kier alpha value is -6.89. The molecule has 0 unspecified atom stereocenters. The molecule has 18 nitrogen and oxygen atoms in total. The van der Waals surface area contributed by atoms with Crippen LogP contribution in [0, 0.1) is 20.2 Å². The van der Waals surface area contributed by atoms with Crippen molar-refractivity contribution in [3.05, 3.63) is 143 Å². The number of benzene rings is 2. The molecule has 0 saturated carbocycles. The molecule has 0 atom stereocenters. The van der Waals surface area contributed by atoms with Gasteiger partial charge < -0.3 is 24.1 Å². The number of nitrogens with zero attached hydrogens (tertiary/aromatic N) is 8. The van der Waals surface area contributed by atoms with Crippen LogP contribution in [0.3, 0.4) is 0 Å². The van der Waals surface area contributed by atoms with Crippen molar-refractivity contribution >= 4 is 34.5 Å². The maximum absolute atomic E-state index is 12.0. The predicted octanol–water partition coefficient (Wildman–Crippen LogP) is 8.85. The molecule has 0 amide bonds. The topological polar surface area (TPSA) is 224 Å². The molecule has 59 heavy (non-hydrogen) atoms. The van der Waals surface area contributed by atoms with Crippen LogP contribution in [0.4, 0.5) is 21.0 Å². The third kappa shape index (κ3) is 17.4. The van der Waals surface area contributed by atoms with Crippen molar-refractivity contribution in [2.75, 3.05) is 32.8 Å². The summed E-state index contributed by atoms with van der Waals surface area (Å²) in [4.78, 5) is 63.4. The van der Waals surface area contributed by atoms with E-state index in [1.165, 1.54) is 98.1 Å². The lowest BCUT2D eigenvalue weighted by atomic mass is 10.2. The lowest BCUT2D eigenvalue weighted by Gasteiger charge is -2.13. The highest BCUT2D eigenvalue weighted by molar-refractivity contribution is 6.61. The number of rotatable bonds is 9. The van der Waals surface area contributed by atoms with Gasteiger partial charge in [-0.2, -0.15) is 0 Å². The molecule has 2 aromatic carbocycles. The Bertz CT molecular complexity index is 2100. The highest BCUT2D eigenvalue weighted by Gasteiger charge is 2.12. The first-order valence-electron chi connectivity index (χ1n) is 18.3. The van der Waals surface area contributed by atoms with Crippen molar-refractivity contribution in [1.82, 2.24) is 34.4 Å². The largest absolute Gasteiger partial charge is 0.424 e. The number of halogens is 1. The van der Waals surface area contributed by atoms with E-state index >= 15 is 0 Å². The average molecular weight is 830 g/mol. The summed E-state index contributed by atoms with van der Waals surface area (Å²) in [6.07, 6.45) is 15.0. The van der Waals surface area contributed by atoms with Gasteiger partial charge in [-0.25, -0.2) is 24.1 Å². The van der Waals surface area contributed by atoms with Gasteiger partial charge in [0.25, 0.3) is 11.4 Å². The van der Waals surface area contributed by atoms with Gasteiger partial charge in [0, 0.05) is 91.2 Å². The number of pyridine rings is 2. The first-order chi connectivity index (χ1) is 28.5. The van der Waals surface area contributed by atoms with E-state index in [0.717, 1.165) is 30.0 Å². The molecule has 0 radical (unpaired) electrons. The molecule has 1 N–H and O–H groups in total. The number of H-pyrrole nitrogens is 1. The molecule has 1 aliphatic rings. The van der Waals surface area contributed by atoms with E-state index in [0.29, 0.717) is 5.69 Å². The highest BCUT2D eigenvalue weighted by atomic mass is 35.5. The van der Waals surface area contributed by atoms with E-state index in [1.807, 2.05) is 18.2 Å². The van der Waals surface area contributed by atoms with E-state index in [9.17, 15) is 29.8 Å². The number of aromatic amines is 1. The molecular formula is C40H44ClN9O9. The van der Waals surface area contributed by atoms with Gasteiger partial charge in [0.2, 0.25) is 0 Å². The fraction of sp³-hybridized carbons (Fsp3) is 0.250. The zero-order chi connectivity index (χ0) is 42.8. The van der Waals surface area contributed by atoms with E-state index in [1.54, 1.807) is 43.4 Å². The summed E-state index contributed by atoms with van der Waals surface area (Å²) in [7, 11) is 0. The van der Waals surface area contributed by atoms with Gasteiger partial charge in [0.05, 0.1) is 33.8 Å². The summed E-state index contributed by atoms with van der Waals surface area (Å²) in [6.45, 7) is 12.1. The molecule has 7 rings (SSSR count). The minimum absolute atomic E-state index is 0.0747. The standard InChI is InChI=1S/C15H10N4O4.C8H7N3.C7H4ClNO4.C6H15N.C4H8O/c20-15(23-13-5-3-12(4-6-13)19(21)22)18-9-14(17-10-18)11-2-1-7-16-8-11;1-2-7(4-9-3-1)8-5-10-6-11-8;8-7(10)13-6-3-1-5(2-4-6)9(11)12;1-4-7(5-2)6-3;1-2-4-5-3-1/h1-10H;1-6H,(H,10,11);1-4H;4-6H2,1-3H3;1-4H2. The summed E-state index contributed by atoms with van der Waals surface area (Å²) < 4.78 is 15.7. The molecule has 0 aliphatic carbocycles. The highest BCUT2D eigenvalue weighted by Crippen LogP contribution is 2.20. The average Bonchev–Trinajstić information content (AvgIpc) is 4.09. The van der Waals surface area contributed by atoms with Crippen LogP contribution in [0.15, 0.2) is 123 Å². The van der Waals surface area contributed by atoms with Gasteiger partial charge in [0.1, 0.15) is 17.8 Å². The quantitative estimate of drug-likeness (QED) is 0.0816. The van der Waals surface area contributed by atoms with Crippen LogP contribution in [0.5, 0.6) is 11.5 Å². The zero-order valence-corrected chi connectivity index (χ0v) is 33.4. The summed E-state index contributed by atoms with van der Waals surface area (Å²) in [5.74, 6) is 0.378.